The highest BCUT2D eigenvalue weighted by atomic mass is 15.2. The molecule has 0 aromatic carbocycles. The minimum Gasteiger partial charge on any atom is -0.334 e. The zero-order valence-corrected chi connectivity index (χ0v) is 11.1. The Kier molecular flexibility index (Phi) is 4.60. The summed E-state index contributed by atoms with van der Waals surface area (Å²) < 4.78 is 0. The number of aromatic nitrogens is 4. The molecule has 0 atom stereocenters. The van der Waals surface area contributed by atoms with Crippen LogP contribution in [0.25, 0.3) is 0 Å². The van der Waals surface area contributed by atoms with Crippen LogP contribution in [-0.4, -0.2) is 26.1 Å². The summed E-state index contributed by atoms with van der Waals surface area (Å²) >= 11 is 0. The Hall–Kier alpha value is -2.24. The van der Waals surface area contributed by atoms with Crippen molar-refractivity contribution in [2.24, 2.45) is 5.92 Å². The van der Waals surface area contributed by atoms with E-state index < -0.39 is 0 Å². The second-order valence-electron chi connectivity index (χ2n) is 4.62. The number of nitrogens with zero attached hydrogens (tertiary/aromatic N) is 4. The van der Waals surface area contributed by atoms with Crippen LogP contribution in [0.15, 0.2) is 36.9 Å². The summed E-state index contributed by atoms with van der Waals surface area (Å²) in [5.41, 5.74) is 0. The van der Waals surface area contributed by atoms with Gasteiger partial charge in [0.15, 0.2) is 0 Å². The van der Waals surface area contributed by atoms with Crippen LogP contribution in [-0.2, 0) is 0 Å². The van der Waals surface area contributed by atoms with Crippen LogP contribution in [0.2, 0.25) is 0 Å². The average Bonchev–Trinajstić information content (AvgIpc) is 2.40. The van der Waals surface area contributed by atoms with E-state index in [1.54, 1.807) is 36.9 Å². The predicted molar refractivity (Wildman–Crippen MR) is 74.6 cm³/mol. The summed E-state index contributed by atoms with van der Waals surface area (Å²) in [5, 5.41) is 6.49. The Labute approximate surface area is 112 Å². The zero-order valence-electron chi connectivity index (χ0n) is 11.1. The number of hydrogen-bond donors (Lipinski definition) is 2. The Balaban J connectivity index is 2.03. The van der Waals surface area contributed by atoms with E-state index in [-0.39, 0.29) is 6.17 Å². The summed E-state index contributed by atoms with van der Waals surface area (Å²) in [6, 6.07) is 3.58. The molecule has 0 aliphatic heterocycles. The maximum absolute atomic E-state index is 4.16. The second kappa shape index (κ2) is 6.63. The Bertz CT molecular complexity index is 432. The van der Waals surface area contributed by atoms with Gasteiger partial charge in [-0.1, -0.05) is 13.8 Å². The Morgan fingerprint density at radius 3 is 1.63 bits per heavy atom. The molecule has 2 heterocycles. The molecule has 0 unspecified atom stereocenters. The third-order valence-electron chi connectivity index (χ3n) is 2.45. The lowest BCUT2D eigenvalue weighted by Gasteiger charge is -2.21. The molecular weight excluding hydrogens is 240 g/mol. The van der Waals surface area contributed by atoms with E-state index in [9.17, 15) is 0 Å². The van der Waals surface area contributed by atoms with Gasteiger partial charge in [-0.3, -0.25) is 0 Å². The van der Waals surface area contributed by atoms with Gasteiger partial charge in [-0.2, -0.15) is 0 Å². The van der Waals surface area contributed by atoms with Crippen molar-refractivity contribution in [3.8, 4) is 0 Å². The molecule has 6 nitrogen and oxygen atoms in total. The smallest absolute Gasteiger partial charge is 0.224 e. The van der Waals surface area contributed by atoms with E-state index in [0.29, 0.717) is 17.8 Å². The molecule has 100 valence electrons. The van der Waals surface area contributed by atoms with Crippen molar-refractivity contribution in [2.75, 3.05) is 10.6 Å². The maximum atomic E-state index is 4.16. The molecule has 0 spiro atoms. The normalized spacial score (nSPS) is 10.7. The van der Waals surface area contributed by atoms with Gasteiger partial charge in [0, 0.05) is 24.8 Å². The number of hydrogen-bond acceptors (Lipinski definition) is 6. The molecule has 0 saturated heterocycles. The first kappa shape index (κ1) is 13.2. The van der Waals surface area contributed by atoms with Gasteiger partial charge in [0.05, 0.1) is 0 Å². The summed E-state index contributed by atoms with van der Waals surface area (Å²) in [6.07, 6.45) is 7.74. The fraction of sp³-hybridized carbons (Fsp3) is 0.385. The van der Waals surface area contributed by atoms with Crippen molar-refractivity contribution in [1.29, 1.82) is 0 Å². The lowest BCUT2D eigenvalue weighted by molar-refractivity contribution is 0.542. The van der Waals surface area contributed by atoms with Gasteiger partial charge in [-0.05, 0) is 24.5 Å². The highest BCUT2D eigenvalue weighted by molar-refractivity contribution is 5.32. The molecule has 0 amide bonds. The molecule has 2 aromatic heterocycles. The van der Waals surface area contributed by atoms with E-state index in [0.717, 1.165) is 6.42 Å². The molecule has 0 fully saturated rings. The van der Waals surface area contributed by atoms with E-state index in [2.05, 4.69) is 44.4 Å². The molecule has 2 N–H and O–H groups in total. The van der Waals surface area contributed by atoms with Crippen molar-refractivity contribution < 1.29 is 0 Å². The third-order valence-corrected chi connectivity index (χ3v) is 2.45. The van der Waals surface area contributed by atoms with Gasteiger partial charge >= 0.3 is 0 Å². The molecule has 0 saturated carbocycles. The average molecular weight is 258 g/mol. The largest absolute Gasteiger partial charge is 0.334 e. The van der Waals surface area contributed by atoms with Gasteiger partial charge in [0.25, 0.3) is 0 Å². The van der Waals surface area contributed by atoms with Gasteiger partial charge < -0.3 is 10.6 Å². The summed E-state index contributed by atoms with van der Waals surface area (Å²) in [7, 11) is 0. The lowest BCUT2D eigenvalue weighted by atomic mass is 10.1. The molecule has 6 heteroatoms. The summed E-state index contributed by atoms with van der Waals surface area (Å²) in [5.74, 6) is 1.71. The SMILES string of the molecule is CC(C)CC(Nc1ncccn1)Nc1ncccn1. The van der Waals surface area contributed by atoms with Gasteiger partial charge in [0.2, 0.25) is 11.9 Å². The van der Waals surface area contributed by atoms with Crippen LogP contribution in [0.1, 0.15) is 20.3 Å². The Morgan fingerprint density at radius 2 is 1.26 bits per heavy atom. The highest BCUT2D eigenvalue weighted by Crippen LogP contribution is 2.10. The fourth-order valence-corrected chi connectivity index (χ4v) is 1.68. The van der Waals surface area contributed by atoms with Gasteiger partial charge in [0.1, 0.15) is 6.17 Å². The number of nitrogens with one attached hydrogen (secondary N) is 2. The lowest BCUT2D eigenvalue weighted by Crippen LogP contribution is -2.31. The molecule has 0 aliphatic carbocycles. The quantitative estimate of drug-likeness (QED) is 0.773. The van der Waals surface area contributed by atoms with E-state index in [4.69, 9.17) is 0 Å². The minimum absolute atomic E-state index is 0.00944. The summed E-state index contributed by atoms with van der Waals surface area (Å²) in [4.78, 5) is 16.7. The predicted octanol–water partition coefficient (Wildman–Crippen LogP) is 2.16. The van der Waals surface area contributed by atoms with E-state index in [1.807, 2.05) is 0 Å². The van der Waals surface area contributed by atoms with Crippen LogP contribution in [0, 0.1) is 5.92 Å². The molecular formula is C13H18N6. The van der Waals surface area contributed by atoms with Crippen molar-refractivity contribution in [3.05, 3.63) is 36.9 Å². The van der Waals surface area contributed by atoms with Crippen molar-refractivity contribution in [3.63, 3.8) is 0 Å². The monoisotopic (exact) mass is 258 g/mol. The molecule has 2 rings (SSSR count). The van der Waals surface area contributed by atoms with Crippen molar-refractivity contribution >= 4 is 11.9 Å². The fourth-order valence-electron chi connectivity index (χ4n) is 1.68. The molecule has 0 bridgehead atoms. The Morgan fingerprint density at radius 1 is 0.842 bits per heavy atom. The van der Waals surface area contributed by atoms with Crippen molar-refractivity contribution in [1.82, 2.24) is 19.9 Å². The molecule has 0 radical (unpaired) electrons. The maximum Gasteiger partial charge on any atom is 0.224 e. The van der Waals surface area contributed by atoms with Gasteiger partial charge in [-0.25, -0.2) is 19.9 Å². The van der Waals surface area contributed by atoms with E-state index >= 15 is 0 Å². The number of rotatable bonds is 6. The van der Waals surface area contributed by atoms with Crippen LogP contribution < -0.4 is 10.6 Å². The zero-order chi connectivity index (χ0) is 13.5. The van der Waals surface area contributed by atoms with Crippen LogP contribution in [0.3, 0.4) is 0 Å². The second-order valence-corrected chi connectivity index (χ2v) is 4.62. The molecule has 19 heavy (non-hydrogen) atoms. The molecule has 0 aliphatic rings. The third kappa shape index (κ3) is 4.50. The highest BCUT2D eigenvalue weighted by Gasteiger charge is 2.12. The summed E-state index contributed by atoms with van der Waals surface area (Å²) in [6.45, 7) is 4.32. The van der Waals surface area contributed by atoms with Gasteiger partial charge in [-0.15, -0.1) is 0 Å². The van der Waals surface area contributed by atoms with Crippen LogP contribution >= 0.6 is 0 Å². The minimum atomic E-state index is -0.00944. The van der Waals surface area contributed by atoms with Crippen molar-refractivity contribution in [2.45, 2.75) is 26.4 Å². The number of anilines is 2. The first-order chi connectivity index (χ1) is 9.24. The molecule has 2 aromatic rings. The first-order valence-electron chi connectivity index (χ1n) is 6.31. The standard InChI is InChI=1S/C13H18N6/c1-10(2)9-11(18-12-14-5-3-6-15-12)19-13-16-7-4-8-17-13/h3-8,10-11H,9H2,1-2H3,(H,14,15,18)(H,16,17,19). The van der Waals surface area contributed by atoms with Crippen LogP contribution in [0.5, 0.6) is 0 Å². The van der Waals surface area contributed by atoms with Crippen LogP contribution in [0.4, 0.5) is 11.9 Å². The topological polar surface area (TPSA) is 75.6 Å². The van der Waals surface area contributed by atoms with E-state index in [1.165, 1.54) is 0 Å². The first-order valence-corrected chi connectivity index (χ1v) is 6.31.